The third-order valence-electron chi connectivity index (χ3n) is 2.78. The maximum absolute atomic E-state index is 11.1. The third kappa shape index (κ3) is 4.26. The maximum atomic E-state index is 11.1. The molecule has 1 aromatic heterocycles. The number of benzene rings is 1. The summed E-state index contributed by atoms with van der Waals surface area (Å²) in [6.07, 6.45) is 0. The first-order valence-corrected chi connectivity index (χ1v) is 7.59. The maximum Gasteiger partial charge on any atom is 0.307 e. The molecule has 0 aliphatic heterocycles. The molecular weight excluding hydrogens is 332 g/mol. The predicted molar refractivity (Wildman–Crippen MR) is 76.3 cm³/mol. The van der Waals surface area contributed by atoms with Crippen molar-refractivity contribution in [1.82, 2.24) is 4.98 Å². The number of para-hydroxylation sites is 1. The van der Waals surface area contributed by atoms with Crippen molar-refractivity contribution >= 4 is 39.3 Å². The standard InChI is InChI=1S/C13H15NO2S2.Zn/c1-8(2)9(12(15)16)7-17-13-14-10-5-3-4-6-11(10)18-13;/h3-6,8-9H,7H2,1-2H3,(H,15,16);. The number of hydrogen-bond acceptors (Lipinski definition) is 4. The number of carbonyl (C=O) groups is 1. The van der Waals surface area contributed by atoms with Crippen molar-refractivity contribution in [2.24, 2.45) is 11.8 Å². The fourth-order valence-corrected chi connectivity index (χ4v) is 4.04. The van der Waals surface area contributed by atoms with Gasteiger partial charge in [-0.05, 0) is 18.1 Å². The van der Waals surface area contributed by atoms with Crippen LogP contribution >= 0.6 is 23.1 Å². The first-order chi connectivity index (χ1) is 8.58. The van der Waals surface area contributed by atoms with E-state index in [0.29, 0.717) is 5.75 Å². The van der Waals surface area contributed by atoms with Gasteiger partial charge in [-0.2, -0.15) is 0 Å². The molecule has 1 N–H and O–H groups in total. The van der Waals surface area contributed by atoms with E-state index in [2.05, 4.69) is 4.98 Å². The van der Waals surface area contributed by atoms with Crippen LogP contribution in [0, 0.1) is 11.8 Å². The third-order valence-corrected chi connectivity index (χ3v) is 5.08. The predicted octanol–water partition coefficient (Wildman–Crippen LogP) is 3.74. The summed E-state index contributed by atoms with van der Waals surface area (Å²) < 4.78 is 2.10. The molecule has 98 valence electrons. The van der Waals surface area contributed by atoms with Gasteiger partial charge in [0.2, 0.25) is 0 Å². The normalized spacial score (nSPS) is 12.4. The van der Waals surface area contributed by atoms with Crippen LogP contribution in [0.4, 0.5) is 0 Å². The zero-order chi connectivity index (χ0) is 13.1. The molecule has 0 radical (unpaired) electrons. The molecule has 1 unspecified atom stereocenters. The molecule has 0 saturated heterocycles. The minimum atomic E-state index is -0.724. The van der Waals surface area contributed by atoms with Crippen LogP contribution in [0.15, 0.2) is 28.6 Å². The van der Waals surface area contributed by atoms with Crippen molar-refractivity contribution < 1.29 is 29.4 Å². The van der Waals surface area contributed by atoms with Crippen molar-refractivity contribution in [3.8, 4) is 0 Å². The zero-order valence-corrected chi connectivity index (χ0v) is 15.6. The van der Waals surface area contributed by atoms with Gasteiger partial charge < -0.3 is 5.11 Å². The van der Waals surface area contributed by atoms with Crippen molar-refractivity contribution in [2.45, 2.75) is 18.2 Å². The Morgan fingerprint density at radius 2 is 2.11 bits per heavy atom. The van der Waals surface area contributed by atoms with Crippen molar-refractivity contribution in [3.63, 3.8) is 0 Å². The van der Waals surface area contributed by atoms with E-state index in [9.17, 15) is 4.79 Å². The number of aliphatic carboxylic acids is 1. The van der Waals surface area contributed by atoms with Gasteiger partial charge in [0.15, 0.2) is 4.34 Å². The number of rotatable bonds is 5. The van der Waals surface area contributed by atoms with Crippen LogP contribution in [0.1, 0.15) is 13.8 Å². The monoisotopic (exact) mass is 345 g/mol. The fraction of sp³-hybridized carbons (Fsp3) is 0.385. The molecule has 19 heavy (non-hydrogen) atoms. The Bertz CT molecular complexity index is 523. The van der Waals surface area contributed by atoms with Crippen LogP contribution in [-0.4, -0.2) is 21.8 Å². The van der Waals surface area contributed by atoms with Gasteiger partial charge in [0.05, 0.1) is 16.1 Å². The van der Waals surface area contributed by atoms with Crippen LogP contribution in [-0.2, 0) is 24.3 Å². The molecule has 0 saturated carbocycles. The molecule has 0 aliphatic carbocycles. The SMILES string of the molecule is CC(C)C(CSc1nc2ccccc2s1)C(=O)O.[Zn]. The first kappa shape index (κ1) is 16.6. The molecule has 1 heterocycles. The molecule has 0 fully saturated rings. The summed E-state index contributed by atoms with van der Waals surface area (Å²) in [5.74, 6) is -0.322. The van der Waals surface area contributed by atoms with Crippen LogP contribution in [0.3, 0.4) is 0 Å². The molecule has 1 atom stereocenters. The Labute approximate surface area is 133 Å². The zero-order valence-electron chi connectivity index (χ0n) is 11.0. The molecule has 0 spiro atoms. The van der Waals surface area contributed by atoms with Gasteiger partial charge in [0.25, 0.3) is 0 Å². The largest absolute Gasteiger partial charge is 0.481 e. The summed E-state index contributed by atoms with van der Waals surface area (Å²) in [5, 5.41) is 9.13. The van der Waals surface area contributed by atoms with Crippen LogP contribution in [0.25, 0.3) is 10.2 Å². The fourth-order valence-electron chi connectivity index (χ4n) is 1.62. The Kier molecular flexibility index (Phi) is 6.44. The van der Waals surface area contributed by atoms with Crippen molar-refractivity contribution in [3.05, 3.63) is 24.3 Å². The Balaban J connectivity index is 0.00000180. The summed E-state index contributed by atoms with van der Waals surface area (Å²) in [4.78, 5) is 15.6. The Morgan fingerprint density at radius 3 is 2.68 bits per heavy atom. The molecule has 1 aromatic carbocycles. The quantitative estimate of drug-likeness (QED) is 0.662. The molecule has 2 rings (SSSR count). The van der Waals surface area contributed by atoms with Crippen molar-refractivity contribution in [2.75, 3.05) is 5.75 Å². The average molecular weight is 347 g/mol. The first-order valence-electron chi connectivity index (χ1n) is 5.79. The van der Waals surface area contributed by atoms with Gasteiger partial charge in [-0.3, -0.25) is 4.79 Å². The van der Waals surface area contributed by atoms with Gasteiger partial charge in [-0.25, -0.2) is 4.98 Å². The number of thioether (sulfide) groups is 1. The molecular formula is C13H15NO2S2Zn. The van der Waals surface area contributed by atoms with E-state index < -0.39 is 5.97 Å². The smallest absolute Gasteiger partial charge is 0.307 e. The summed E-state index contributed by atoms with van der Waals surface area (Å²) >= 11 is 3.16. The van der Waals surface area contributed by atoms with Crippen LogP contribution in [0.2, 0.25) is 0 Å². The summed E-state index contributed by atoms with van der Waals surface area (Å²) in [6, 6.07) is 7.97. The van der Waals surface area contributed by atoms with Gasteiger partial charge in [0, 0.05) is 25.2 Å². The van der Waals surface area contributed by atoms with E-state index in [1.165, 1.54) is 11.8 Å². The average Bonchev–Trinajstić information content (AvgIpc) is 2.70. The van der Waals surface area contributed by atoms with E-state index in [4.69, 9.17) is 5.11 Å². The van der Waals surface area contributed by atoms with Gasteiger partial charge >= 0.3 is 5.97 Å². The number of hydrogen-bond donors (Lipinski definition) is 1. The number of thiazole rings is 1. The second-order valence-electron chi connectivity index (χ2n) is 4.45. The summed E-state index contributed by atoms with van der Waals surface area (Å²) in [5.41, 5.74) is 0.987. The Hall–Kier alpha value is -0.447. The molecule has 6 heteroatoms. The number of aromatic nitrogens is 1. The van der Waals surface area contributed by atoms with Crippen LogP contribution in [0.5, 0.6) is 0 Å². The van der Waals surface area contributed by atoms with E-state index in [1.54, 1.807) is 11.3 Å². The van der Waals surface area contributed by atoms with E-state index in [0.717, 1.165) is 14.6 Å². The second kappa shape index (κ2) is 7.37. The minimum absolute atomic E-state index is 0. The van der Waals surface area contributed by atoms with Crippen molar-refractivity contribution in [1.29, 1.82) is 0 Å². The van der Waals surface area contributed by atoms with Gasteiger partial charge in [-0.15, -0.1) is 11.3 Å². The summed E-state index contributed by atoms with van der Waals surface area (Å²) in [7, 11) is 0. The van der Waals surface area contributed by atoms with Gasteiger partial charge in [-0.1, -0.05) is 37.7 Å². The topological polar surface area (TPSA) is 50.2 Å². The van der Waals surface area contributed by atoms with Gasteiger partial charge in [0.1, 0.15) is 0 Å². The molecule has 0 amide bonds. The van der Waals surface area contributed by atoms with E-state index in [-0.39, 0.29) is 31.3 Å². The number of carboxylic acids is 1. The van der Waals surface area contributed by atoms with Crippen LogP contribution < -0.4 is 0 Å². The number of nitrogens with zero attached hydrogens (tertiary/aromatic N) is 1. The van der Waals surface area contributed by atoms with E-state index >= 15 is 0 Å². The molecule has 0 bridgehead atoms. The molecule has 3 nitrogen and oxygen atoms in total. The van der Waals surface area contributed by atoms with E-state index in [1.807, 2.05) is 38.1 Å². The number of carboxylic acid groups (broad SMARTS) is 1. The Morgan fingerprint density at radius 1 is 1.42 bits per heavy atom. The minimum Gasteiger partial charge on any atom is -0.481 e. The number of fused-ring (bicyclic) bond motifs is 1. The molecule has 0 aliphatic rings. The second-order valence-corrected chi connectivity index (χ2v) is 6.75. The molecule has 2 aromatic rings. The summed E-state index contributed by atoms with van der Waals surface area (Å²) in [6.45, 7) is 3.88.